The van der Waals surface area contributed by atoms with E-state index in [1.807, 2.05) is 23.9 Å². The Morgan fingerprint density at radius 1 is 1.39 bits per heavy atom. The summed E-state index contributed by atoms with van der Waals surface area (Å²) in [5, 5.41) is 3.55. The minimum absolute atomic E-state index is 0.0922. The molecule has 0 bridgehead atoms. The van der Waals surface area contributed by atoms with Crippen LogP contribution in [0.5, 0.6) is 0 Å². The van der Waals surface area contributed by atoms with Crippen LogP contribution >= 0.6 is 11.8 Å². The Labute approximate surface area is 187 Å². The van der Waals surface area contributed by atoms with Crippen molar-refractivity contribution in [2.24, 2.45) is 22.1 Å². The summed E-state index contributed by atoms with van der Waals surface area (Å²) >= 11 is 1.91. The molecule has 4 N–H and O–H groups in total. The van der Waals surface area contributed by atoms with E-state index in [1.165, 1.54) is 10.5 Å². The van der Waals surface area contributed by atoms with Gasteiger partial charge in [-0.1, -0.05) is 13.8 Å². The Bertz CT molecular complexity index is 1100. The second-order valence-corrected chi connectivity index (χ2v) is 11.0. The van der Waals surface area contributed by atoms with Crippen molar-refractivity contribution in [1.82, 2.24) is 4.98 Å². The number of thioether (sulfide) groups is 1. The van der Waals surface area contributed by atoms with Gasteiger partial charge in [0.25, 0.3) is 5.56 Å². The van der Waals surface area contributed by atoms with Crippen LogP contribution in [-0.2, 0) is 9.48 Å². The highest BCUT2D eigenvalue weighted by atomic mass is 32.2. The summed E-state index contributed by atoms with van der Waals surface area (Å²) in [6.45, 7) is 8.38. The van der Waals surface area contributed by atoms with Gasteiger partial charge in [-0.3, -0.25) is 4.79 Å². The van der Waals surface area contributed by atoms with Crippen LogP contribution in [-0.4, -0.2) is 30.1 Å². The number of nitrogens with one attached hydrogen (secondary N) is 2. The average Bonchev–Trinajstić information content (AvgIpc) is 3.38. The number of aromatic nitrogens is 1. The average molecular weight is 439 g/mol. The minimum atomic E-state index is -0.229. The van der Waals surface area contributed by atoms with E-state index in [0.29, 0.717) is 17.5 Å². The number of fused-ring (bicyclic) bond motifs is 1. The Morgan fingerprint density at radius 2 is 2.23 bits per heavy atom. The van der Waals surface area contributed by atoms with Gasteiger partial charge in [-0.15, -0.1) is 11.8 Å². The first kappa shape index (κ1) is 20.6. The van der Waals surface area contributed by atoms with Gasteiger partial charge in [0, 0.05) is 33.9 Å². The standard InChI is InChI=1S/C24H30N4O2S/c1-14(2)23(3)16-11-15(5-6-18(16)31-23)27-21(25)20-17(7-9-26-22(20)29)28-19-12-24(19)8-4-10-30-13-24/h5-7,9,11,14,19H,4,8,10,12-13H2,1-3H3,(H2,25,27)(H2,26,28,29). The second-order valence-electron chi connectivity index (χ2n) is 9.56. The van der Waals surface area contributed by atoms with E-state index in [4.69, 9.17) is 10.5 Å². The zero-order valence-electron chi connectivity index (χ0n) is 18.3. The zero-order chi connectivity index (χ0) is 21.8. The number of pyridine rings is 1. The topological polar surface area (TPSA) is 92.5 Å². The maximum absolute atomic E-state index is 12.7. The summed E-state index contributed by atoms with van der Waals surface area (Å²) in [6, 6.07) is 8.36. The van der Waals surface area contributed by atoms with Crippen LogP contribution in [0.15, 0.2) is 45.1 Å². The molecule has 3 heterocycles. The molecule has 1 aliphatic carbocycles. The van der Waals surface area contributed by atoms with Gasteiger partial charge in [0.1, 0.15) is 11.4 Å². The first-order valence-electron chi connectivity index (χ1n) is 11.1. The smallest absolute Gasteiger partial charge is 0.261 e. The summed E-state index contributed by atoms with van der Waals surface area (Å²) in [5.41, 5.74) is 9.59. The highest BCUT2D eigenvalue weighted by molar-refractivity contribution is 8.01. The molecule has 31 heavy (non-hydrogen) atoms. The van der Waals surface area contributed by atoms with Gasteiger partial charge in [-0.05, 0) is 61.9 Å². The van der Waals surface area contributed by atoms with Crippen molar-refractivity contribution < 1.29 is 4.74 Å². The molecule has 2 aliphatic heterocycles. The number of ether oxygens (including phenoxy) is 1. The van der Waals surface area contributed by atoms with Gasteiger partial charge in [0.2, 0.25) is 0 Å². The molecule has 1 saturated heterocycles. The predicted molar refractivity (Wildman–Crippen MR) is 126 cm³/mol. The number of benzene rings is 1. The van der Waals surface area contributed by atoms with E-state index < -0.39 is 0 Å². The van der Waals surface area contributed by atoms with Crippen LogP contribution in [0.1, 0.15) is 51.2 Å². The number of amidine groups is 1. The molecule has 1 aromatic carbocycles. The molecule has 3 unspecified atom stereocenters. The van der Waals surface area contributed by atoms with E-state index in [-0.39, 0.29) is 21.6 Å². The monoisotopic (exact) mass is 438 g/mol. The summed E-state index contributed by atoms with van der Waals surface area (Å²) in [5.74, 6) is 0.751. The fraction of sp³-hybridized carbons (Fsp3) is 0.500. The van der Waals surface area contributed by atoms with Gasteiger partial charge < -0.3 is 20.8 Å². The number of aromatic amines is 1. The van der Waals surface area contributed by atoms with E-state index in [9.17, 15) is 4.79 Å². The zero-order valence-corrected chi connectivity index (χ0v) is 19.1. The lowest BCUT2D eigenvalue weighted by molar-refractivity contribution is 0.0421. The van der Waals surface area contributed by atoms with Crippen molar-refractivity contribution in [3.8, 4) is 0 Å². The maximum Gasteiger partial charge on any atom is 0.261 e. The molecule has 164 valence electrons. The van der Waals surface area contributed by atoms with Crippen LogP contribution in [0.4, 0.5) is 11.4 Å². The molecule has 1 aromatic heterocycles. The van der Waals surface area contributed by atoms with Gasteiger partial charge >= 0.3 is 0 Å². The van der Waals surface area contributed by atoms with Crippen LogP contribution < -0.4 is 16.6 Å². The number of aliphatic imine (C=N–C) groups is 1. The third kappa shape index (κ3) is 3.48. The molecule has 5 rings (SSSR count). The van der Waals surface area contributed by atoms with Crippen LogP contribution in [0.25, 0.3) is 0 Å². The van der Waals surface area contributed by atoms with E-state index in [1.54, 1.807) is 6.20 Å². The highest BCUT2D eigenvalue weighted by Gasteiger charge is 2.55. The Hall–Kier alpha value is -2.25. The highest BCUT2D eigenvalue weighted by Crippen LogP contribution is 2.59. The summed E-state index contributed by atoms with van der Waals surface area (Å²) in [4.78, 5) is 21.4. The molecule has 3 aliphatic rings. The number of H-pyrrole nitrogens is 1. The molecule has 1 saturated carbocycles. The molecular weight excluding hydrogens is 408 g/mol. The fourth-order valence-corrected chi connectivity index (χ4v) is 6.16. The van der Waals surface area contributed by atoms with Crippen molar-refractivity contribution in [2.75, 3.05) is 18.5 Å². The van der Waals surface area contributed by atoms with Crippen molar-refractivity contribution in [3.63, 3.8) is 0 Å². The molecule has 3 atom stereocenters. The summed E-state index contributed by atoms with van der Waals surface area (Å²) in [7, 11) is 0. The number of hydrogen-bond acceptors (Lipinski definition) is 5. The van der Waals surface area contributed by atoms with Crippen LogP contribution in [0.3, 0.4) is 0 Å². The largest absolute Gasteiger partial charge is 0.383 e. The first-order chi connectivity index (χ1) is 14.8. The predicted octanol–water partition coefficient (Wildman–Crippen LogP) is 4.37. The number of rotatable bonds is 5. The third-order valence-electron chi connectivity index (χ3n) is 7.26. The van der Waals surface area contributed by atoms with Crippen LogP contribution in [0.2, 0.25) is 0 Å². The molecule has 1 spiro atoms. The Kier molecular flexibility index (Phi) is 4.94. The van der Waals surface area contributed by atoms with E-state index in [2.05, 4.69) is 48.2 Å². The number of nitrogens with zero attached hydrogens (tertiary/aromatic N) is 1. The molecule has 0 amide bonds. The van der Waals surface area contributed by atoms with Crippen molar-refractivity contribution >= 4 is 29.0 Å². The Balaban J connectivity index is 1.43. The van der Waals surface area contributed by atoms with Gasteiger partial charge in [0.05, 0.1) is 18.0 Å². The van der Waals surface area contributed by atoms with Gasteiger partial charge in [-0.25, -0.2) is 4.99 Å². The third-order valence-corrected chi connectivity index (χ3v) is 8.95. The van der Waals surface area contributed by atoms with E-state index in [0.717, 1.165) is 43.9 Å². The number of hydrogen-bond donors (Lipinski definition) is 3. The van der Waals surface area contributed by atoms with Crippen LogP contribution in [0, 0.1) is 11.3 Å². The SMILES string of the molecule is CC(C)C1(C)Sc2ccc(N=C(N)c3c(NC4CC45CCCOC5)cc[nH]c3=O)cc21. The molecule has 7 heteroatoms. The lowest BCUT2D eigenvalue weighted by atomic mass is 9.87. The second kappa shape index (κ2) is 7.41. The molecule has 6 nitrogen and oxygen atoms in total. The molecular formula is C24H30N4O2S. The summed E-state index contributed by atoms with van der Waals surface area (Å²) < 4.78 is 5.79. The lowest BCUT2D eigenvalue weighted by Gasteiger charge is -2.43. The minimum Gasteiger partial charge on any atom is -0.383 e. The first-order valence-corrected chi connectivity index (χ1v) is 11.9. The Morgan fingerprint density at radius 3 is 2.97 bits per heavy atom. The van der Waals surface area contributed by atoms with Crippen molar-refractivity contribution in [1.29, 1.82) is 0 Å². The number of anilines is 1. The maximum atomic E-state index is 12.7. The lowest BCUT2D eigenvalue weighted by Crippen LogP contribution is -2.32. The normalized spacial score (nSPS) is 29.5. The quantitative estimate of drug-likeness (QED) is 0.476. The molecule has 0 radical (unpaired) electrons. The van der Waals surface area contributed by atoms with Gasteiger partial charge in [0.15, 0.2) is 0 Å². The fourth-order valence-electron chi connectivity index (χ4n) is 4.83. The van der Waals surface area contributed by atoms with E-state index >= 15 is 0 Å². The van der Waals surface area contributed by atoms with Crippen molar-refractivity contribution in [2.45, 2.75) is 55.7 Å². The van der Waals surface area contributed by atoms with Gasteiger partial charge in [-0.2, -0.15) is 0 Å². The molecule has 2 aromatic rings. The van der Waals surface area contributed by atoms with Crippen molar-refractivity contribution in [3.05, 3.63) is 51.9 Å². The molecule has 2 fully saturated rings. The number of nitrogens with two attached hydrogens (primary N) is 1. The summed E-state index contributed by atoms with van der Waals surface area (Å²) in [6.07, 6.45) is 4.97.